The summed E-state index contributed by atoms with van der Waals surface area (Å²) >= 11 is 0.800. The summed E-state index contributed by atoms with van der Waals surface area (Å²) in [4.78, 5) is 41.4. The van der Waals surface area contributed by atoms with Gasteiger partial charge in [0.1, 0.15) is 11.0 Å². The van der Waals surface area contributed by atoms with Gasteiger partial charge in [-0.1, -0.05) is 18.2 Å². The van der Waals surface area contributed by atoms with E-state index in [0.29, 0.717) is 42.5 Å². The van der Waals surface area contributed by atoms with Crippen LogP contribution in [0, 0.1) is 6.92 Å². The quantitative estimate of drug-likeness (QED) is 0.579. The van der Waals surface area contributed by atoms with E-state index in [4.69, 9.17) is 0 Å². The smallest absolute Gasteiger partial charge is 0.390 e. The Morgan fingerprint density at radius 3 is 2.50 bits per heavy atom. The van der Waals surface area contributed by atoms with Crippen molar-refractivity contribution in [3.63, 3.8) is 0 Å². The molecule has 1 saturated heterocycles. The van der Waals surface area contributed by atoms with Gasteiger partial charge in [0.2, 0.25) is 0 Å². The van der Waals surface area contributed by atoms with E-state index >= 15 is 4.39 Å². The monoisotopic (exact) mass is 529 g/mol. The van der Waals surface area contributed by atoms with E-state index in [9.17, 15) is 32.7 Å². The van der Waals surface area contributed by atoms with Crippen LogP contribution in [0.5, 0.6) is 0 Å². The van der Waals surface area contributed by atoms with Gasteiger partial charge < -0.3 is 10.0 Å². The number of carbonyl (C=O) groups is 1. The third-order valence-electron chi connectivity index (χ3n) is 6.59. The summed E-state index contributed by atoms with van der Waals surface area (Å²) < 4.78 is 55.7. The molecule has 1 aliphatic carbocycles. The van der Waals surface area contributed by atoms with Crippen molar-refractivity contribution in [2.24, 2.45) is 0 Å². The summed E-state index contributed by atoms with van der Waals surface area (Å²) in [5.41, 5.74) is -1.32. The molecule has 1 atom stereocenters. The van der Waals surface area contributed by atoms with Crippen LogP contribution in [0.2, 0.25) is 0 Å². The van der Waals surface area contributed by atoms with Crippen LogP contribution in [0.3, 0.4) is 0 Å². The van der Waals surface area contributed by atoms with Crippen molar-refractivity contribution in [3.8, 4) is 0 Å². The Kier molecular flexibility index (Phi) is 7.56. The van der Waals surface area contributed by atoms with Crippen LogP contribution < -0.4 is 11.2 Å². The lowest BCUT2D eigenvalue weighted by molar-refractivity contribution is -0.136. The van der Waals surface area contributed by atoms with Crippen LogP contribution in [0.4, 0.5) is 17.6 Å². The third-order valence-corrected chi connectivity index (χ3v) is 7.89. The zero-order chi connectivity index (χ0) is 26.2. The molecule has 0 spiro atoms. The highest BCUT2D eigenvalue weighted by Crippen LogP contribution is 2.31. The fourth-order valence-electron chi connectivity index (χ4n) is 4.54. The lowest BCUT2D eigenvalue weighted by Gasteiger charge is -2.29. The Morgan fingerprint density at radius 2 is 1.89 bits per heavy atom. The average Bonchev–Trinajstić information content (AvgIpc) is 3.18. The number of carbonyl (C=O) groups excluding carboxylic acids is 1. The Morgan fingerprint density at radius 1 is 1.19 bits per heavy atom. The van der Waals surface area contributed by atoms with E-state index in [-0.39, 0.29) is 20.7 Å². The van der Waals surface area contributed by atoms with Gasteiger partial charge in [-0.15, -0.1) is 11.3 Å². The standard InChI is InChI=1S/C24H27F4N3O4S/c1-14-18-20(33)31(13-17(25)15-5-3-2-4-6-15)23(35)30(12-9-24(26,27)28)22(18)36-19(14)21(34)29-10-7-16(32)8-11-29/h3,5-6,16-17,32H,2,4,7-13H2,1H3. The predicted octanol–water partition coefficient (Wildman–Crippen LogP) is 3.70. The van der Waals surface area contributed by atoms with Gasteiger partial charge in [-0.2, -0.15) is 13.2 Å². The molecule has 2 aliphatic rings. The number of halogens is 4. The molecule has 1 amide bonds. The number of rotatable bonds is 6. The number of allylic oxidation sites excluding steroid dienone is 4. The van der Waals surface area contributed by atoms with E-state index in [2.05, 4.69) is 0 Å². The number of hydrogen-bond acceptors (Lipinski definition) is 5. The number of likely N-dealkylation sites (tertiary alicyclic amines) is 1. The van der Waals surface area contributed by atoms with E-state index in [1.165, 1.54) is 11.8 Å². The number of aliphatic hydroxyl groups excluding tert-OH is 1. The topological polar surface area (TPSA) is 84.5 Å². The second-order valence-corrected chi connectivity index (χ2v) is 10.1. The van der Waals surface area contributed by atoms with Crippen LogP contribution in [0.15, 0.2) is 33.4 Å². The molecule has 1 fully saturated rings. The summed E-state index contributed by atoms with van der Waals surface area (Å²) in [6, 6.07) is 0. The van der Waals surface area contributed by atoms with E-state index in [0.717, 1.165) is 22.3 Å². The molecule has 0 radical (unpaired) electrons. The van der Waals surface area contributed by atoms with Gasteiger partial charge in [-0.3, -0.25) is 18.7 Å². The summed E-state index contributed by atoms with van der Waals surface area (Å²) in [5.74, 6) is -0.415. The lowest BCUT2D eigenvalue weighted by Crippen LogP contribution is -2.42. The molecule has 12 heteroatoms. The van der Waals surface area contributed by atoms with Gasteiger partial charge in [0.15, 0.2) is 0 Å². The summed E-state index contributed by atoms with van der Waals surface area (Å²) in [7, 11) is 0. The van der Waals surface area contributed by atoms with Gasteiger partial charge >= 0.3 is 11.9 Å². The summed E-state index contributed by atoms with van der Waals surface area (Å²) in [6.45, 7) is 0.699. The van der Waals surface area contributed by atoms with E-state index in [1.54, 1.807) is 18.2 Å². The number of piperidine rings is 1. The number of aliphatic hydroxyl groups is 1. The maximum absolute atomic E-state index is 15.1. The van der Waals surface area contributed by atoms with E-state index < -0.39 is 55.1 Å². The summed E-state index contributed by atoms with van der Waals surface area (Å²) in [5, 5.41) is 9.67. The molecule has 1 N–H and O–H groups in total. The highest BCUT2D eigenvalue weighted by atomic mass is 32.1. The number of aryl methyl sites for hydroxylation is 2. The maximum Gasteiger partial charge on any atom is 0.390 e. The molecule has 0 saturated carbocycles. The van der Waals surface area contributed by atoms with Crippen molar-refractivity contribution in [2.45, 2.75) is 70.6 Å². The zero-order valence-electron chi connectivity index (χ0n) is 19.7. The number of alkyl halides is 4. The number of nitrogens with zero attached hydrogens (tertiary/aromatic N) is 3. The molecule has 196 valence electrons. The first-order valence-electron chi connectivity index (χ1n) is 11.8. The van der Waals surface area contributed by atoms with Crippen LogP contribution in [-0.4, -0.2) is 56.6 Å². The maximum atomic E-state index is 15.1. The largest absolute Gasteiger partial charge is 0.393 e. The molecule has 36 heavy (non-hydrogen) atoms. The molecule has 2 aromatic rings. The third kappa shape index (κ3) is 5.34. The molecule has 0 aromatic carbocycles. The zero-order valence-corrected chi connectivity index (χ0v) is 20.5. The number of aromatic nitrogens is 2. The van der Waals surface area contributed by atoms with Gasteiger partial charge in [-0.25, -0.2) is 9.18 Å². The van der Waals surface area contributed by atoms with Crippen LogP contribution in [0.1, 0.15) is 47.3 Å². The van der Waals surface area contributed by atoms with Gasteiger partial charge in [0, 0.05) is 19.6 Å². The second kappa shape index (κ2) is 10.3. The van der Waals surface area contributed by atoms with Crippen LogP contribution >= 0.6 is 11.3 Å². The summed E-state index contributed by atoms with van der Waals surface area (Å²) in [6.07, 6.45) is -0.950. The first-order valence-corrected chi connectivity index (χ1v) is 12.6. The normalized spacial score (nSPS) is 18.1. The van der Waals surface area contributed by atoms with Crippen molar-refractivity contribution in [1.29, 1.82) is 0 Å². The van der Waals surface area contributed by atoms with Gasteiger partial charge in [0.25, 0.3) is 11.5 Å². The first-order chi connectivity index (χ1) is 17.0. The molecule has 2 aromatic heterocycles. The van der Waals surface area contributed by atoms with Crippen molar-refractivity contribution in [2.75, 3.05) is 13.1 Å². The molecule has 1 aliphatic heterocycles. The minimum atomic E-state index is -4.56. The van der Waals surface area contributed by atoms with Crippen molar-refractivity contribution >= 4 is 27.5 Å². The number of thiophene rings is 1. The van der Waals surface area contributed by atoms with Crippen molar-refractivity contribution in [1.82, 2.24) is 14.0 Å². The van der Waals surface area contributed by atoms with Crippen LogP contribution in [0.25, 0.3) is 10.2 Å². The second-order valence-electron chi connectivity index (χ2n) is 9.13. The Labute approximate surface area is 207 Å². The van der Waals surface area contributed by atoms with Crippen molar-refractivity contribution < 1.29 is 27.5 Å². The Hall–Kier alpha value is -2.73. The number of hydrogen-bond donors (Lipinski definition) is 1. The first kappa shape index (κ1) is 26.3. The molecule has 0 bridgehead atoms. The predicted molar refractivity (Wildman–Crippen MR) is 128 cm³/mol. The van der Waals surface area contributed by atoms with E-state index in [1.807, 2.05) is 0 Å². The van der Waals surface area contributed by atoms with Gasteiger partial charge in [-0.05, 0) is 43.7 Å². The Balaban J connectivity index is 1.81. The Bertz CT molecular complexity index is 1330. The van der Waals surface area contributed by atoms with Crippen LogP contribution in [-0.2, 0) is 13.1 Å². The number of amides is 1. The fourth-order valence-corrected chi connectivity index (χ4v) is 5.83. The number of fused-ring (bicyclic) bond motifs is 1. The van der Waals surface area contributed by atoms with Crippen molar-refractivity contribution in [3.05, 3.63) is 55.1 Å². The molecule has 3 heterocycles. The highest BCUT2D eigenvalue weighted by Gasteiger charge is 2.31. The lowest BCUT2D eigenvalue weighted by atomic mass is 10.0. The fraction of sp³-hybridized carbons (Fsp3) is 0.542. The molecule has 1 unspecified atom stereocenters. The molecule has 7 nitrogen and oxygen atoms in total. The molecular weight excluding hydrogens is 502 g/mol. The molecule has 4 rings (SSSR count). The van der Waals surface area contributed by atoms with Gasteiger partial charge in [0.05, 0.1) is 29.3 Å². The minimum Gasteiger partial charge on any atom is -0.393 e. The minimum absolute atomic E-state index is 0.0319. The highest BCUT2D eigenvalue weighted by molar-refractivity contribution is 7.20. The molecular formula is C24H27F4N3O4S. The SMILES string of the molecule is Cc1c(C(=O)N2CCC(O)CC2)sc2c1c(=O)n(CC(F)C1=CCCC=C1)c(=O)n2CCC(F)(F)F. The average molecular weight is 530 g/mol.